The van der Waals surface area contributed by atoms with Gasteiger partial charge in [0, 0.05) is 6.20 Å². The molecule has 2 rings (SSSR count). The van der Waals surface area contributed by atoms with Crippen LogP contribution in [0.5, 0.6) is 0 Å². The molecule has 18 heavy (non-hydrogen) atoms. The number of hydrogen-bond donors (Lipinski definition) is 0. The lowest BCUT2D eigenvalue weighted by Crippen LogP contribution is -2.09. The summed E-state index contributed by atoms with van der Waals surface area (Å²) in [6, 6.07) is 4.20. The lowest BCUT2D eigenvalue weighted by atomic mass is 10.2. The minimum atomic E-state index is -4.76. The SMILES string of the molecule is N#Cc1c(C(F)(F)F)nn(-c2cccnn2)c1Cl. The van der Waals surface area contributed by atoms with Crippen molar-refractivity contribution in [1.82, 2.24) is 20.0 Å². The van der Waals surface area contributed by atoms with Gasteiger partial charge in [0.25, 0.3) is 0 Å². The highest BCUT2D eigenvalue weighted by Gasteiger charge is 2.39. The molecule has 0 saturated heterocycles. The molecule has 9 heteroatoms. The second-order valence-electron chi connectivity index (χ2n) is 3.12. The van der Waals surface area contributed by atoms with Gasteiger partial charge in [-0.1, -0.05) is 11.6 Å². The van der Waals surface area contributed by atoms with Crippen LogP contribution in [0.3, 0.4) is 0 Å². The highest BCUT2D eigenvalue weighted by molar-refractivity contribution is 6.31. The van der Waals surface area contributed by atoms with Crippen LogP contribution in [-0.4, -0.2) is 20.0 Å². The first kappa shape index (κ1) is 12.3. The molecule has 0 fully saturated rings. The normalized spacial score (nSPS) is 11.3. The third-order valence-corrected chi connectivity index (χ3v) is 2.33. The fourth-order valence-electron chi connectivity index (χ4n) is 1.25. The largest absolute Gasteiger partial charge is 0.436 e. The monoisotopic (exact) mass is 273 g/mol. The molecule has 0 N–H and O–H groups in total. The summed E-state index contributed by atoms with van der Waals surface area (Å²) in [7, 11) is 0. The number of nitrogens with zero attached hydrogens (tertiary/aromatic N) is 5. The van der Waals surface area contributed by atoms with Gasteiger partial charge in [-0.3, -0.25) is 0 Å². The standard InChI is InChI=1S/C9H3ClF3N5/c10-8-5(4-14)7(9(11,12)13)17-18(8)6-2-1-3-15-16-6/h1-3H. The molecule has 0 saturated carbocycles. The Balaban J connectivity index is 2.66. The van der Waals surface area contributed by atoms with E-state index >= 15 is 0 Å². The fraction of sp³-hybridized carbons (Fsp3) is 0.111. The Kier molecular flexibility index (Phi) is 2.92. The van der Waals surface area contributed by atoms with E-state index in [1.165, 1.54) is 24.4 Å². The van der Waals surface area contributed by atoms with Crippen LogP contribution in [0.25, 0.3) is 5.82 Å². The minimum absolute atomic E-state index is 0.00509. The topological polar surface area (TPSA) is 67.4 Å². The average Bonchev–Trinajstić information content (AvgIpc) is 2.67. The van der Waals surface area contributed by atoms with Gasteiger partial charge in [-0.15, -0.1) is 5.10 Å². The first-order valence-electron chi connectivity index (χ1n) is 4.49. The van der Waals surface area contributed by atoms with Crippen LogP contribution >= 0.6 is 11.6 Å². The van der Waals surface area contributed by atoms with E-state index in [-0.39, 0.29) is 5.82 Å². The van der Waals surface area contributed by atoms with Crippen molar-refractivity contribution in [2.75, 3.05) is 0 Å². The van der Waals surface area contributed by atoms with E-state index in [9.17, 15) is 13.2 Å². The van der Waals surface area contributed by atoms with E-state index in [1.807, 2.05) is 0 Å². The maximum atomic E-state index is 12.6. The quantitative estimate of drug-likeness (QED) is 0.799. The fourth-order valence-corrected chi connectivity index (χ4v) is 1.51. The Morgan fingerprint density at radius 1 is 1.39 bits per heavy atom. The summed E-state index contributed by atoms with van der Waals surface area (Å²) in [5, 5.41) is 18.6. The highest BCUT2D eigenvalue weighted by Crippen LogP contribution is 2.34. The number of aromatic nitrogens is 4. The molecular formula is C9H3ClF3N5. The maximum absolute atomic E-state index is 12.6. The third-order valence-electron chi connectivity index (χ3n) is 1.98. The zero-order chi connectivity index (χ0) is 13.3. The minimum Gasteiger partial charge on any atom is -0.200 e. The number of nitriles is 1. The van der Waals surface area contributed by atoms with Gasteiger partial charge in [0.2, 0.25) is 0 Å². The van der Waals surface area contributed by atoms with E-state index in [0.29, 0.717) is 0 Å². The summed E-state index contributed by atoms with van der Waals surface area (Å²) in [5.41, 5.74) is -2.09. The molecule has 2 aromatic heterocycles. The van der Waals surface area contributed by atoms with Crippen LogP contribution in [0, 0.1) is 11.3 Å². The maximum Gasteiger partial charge on any atom is 0.436 e. The number of rotatable bonds is 1. The Morgan fingerprint density at radius 3 is 2.56 bits per heavy atom. The molecule has 0 unspecified atom stereocenters. The second kappa shape index (κ2) is 4.27. The lowest BCUT2D eigenvalue weighted by Gasteiger charge is -2.01. The Hall–Kier alpha value is -2.14. The van der Waals surface area contributed by atoms with Gasteiger partial charge >= 0.3 is 6.18 Å². The highest BCUT2D eigenvalue weighted by atomic mass is 35.5. The van der Waals surface area contributed by atoms with E-state index in [1.54, 1.807) is 0 Å². The molecule has 0 radical (unpaired) electrons. The van der Waals surface area contributed by atoms with Crippen molar-refractivity contribution in [1.29, 1.82) is 5.26 Å². The van der Waals surface area contributed by atoms with Crippen molar-refractivity contribution in [3.63, 3.8) is 0 Å². The molecule has 0 amide bonds. The summed E-state index contributed by atoms with van der Waals surface area (Å²) >= 11 is 5.68. The van der Waals surface area contributed by atoms with E-state index < -0.39 is 22.6 Å². The van der Waals surface area contributed by atoms with Gasteiger partial charge in [0.05, 0.1) is 0 Å². The molecule has 0 atom stereocenters. The summed E-state index contributed by atoms with van der Waals surface area (Å²) in [6.45, 7) is 0. The molecule has 2 heterocycles. The smallest absolute Gasteiger partial charge is 0.200 e. The molecule has 0 aliphatic heterocycles. The van der Waals surface area contributed by atoms with Gasteiger partial charge in [-0.05, 0) is 12.1 Å². The third kappa shape index (κ3) is 2.00. The molecule has 2 aromatic rings. The van der Waals surface area contributed by atoms with Crippen molar-refractivity contribution >= 4 is 11.6 Å². The number of alkyl halides is 3. The van der Waals surface area contributed by atoms with Gasteiger partial charge in [0.1, 0.15) is 11.6 Å². The Labute approximate surface area is 103 Å². The van der Waals surface area contributed by atoms with Crippen molar-refractivity contribution < 1.29 is 13.2 Å². The summed E-state index contributed by atoms with van der Waals surface area (Å²) in [6.07, 6.45) is -3.42. The predicted octanol–water partition coefficient (Wildman–Crippen LogP) is 2.21. The van der Waals surface area contributed by atoms with Gasteiger partial charge < -0.3 is 0 Å². The molecule has 0 aromatic carbocycles. The molecule has 0 aliphatic rings. The van der Waals surface area contributed by atoms with Gasteiger partial charge in [-0.25, -0.2) is 4.68 Å². The number of hydrogen-bond acceptors (Lipinski definition) is 4. The average molecular weight is 274 g/mol. The second-order valence-corrected chi connectivity index (χ2v) is 3.48. The zero-order valence-corrected chi connectivity index (χ0v) is 9.24. The van der Waals surface area contributed by atoms with Gasteiger partial charge in [0.15, 0.2) is 16.7 Å². The van der Waals surface area contributed by atoms with Crippen molar-refractivity contribution in [3.8, 4) is 11.9 Å². The Morgan fingerprint density at radius 2 is 2.11 bits per heavy atom. The molecule has 92 valence electrons. The van der Waals surface area contributed by atoms with Crippen LogP contribution in [0.15, 0.2) is 18.3 Å². The lowest BCUT2D eigenvalue weighted by molar-refractivity contribution is -0.141. The van der Waals surface area contributed by atoms with Crippen LogP contribution in [0.1, 0.15) is 11.3 Å². The molecule has 0 aliphatic carbocycles. The Bertz CT molecular complexity index is 614. The van der Waals surface area contributed by atoms with Crippen molar-refractivity contribution in [2.45, 2.75) is 6.18 Å². The first-order chi connectivity index (χ1) is 8.45. The van der Waals surface area contributed by atoms with E-state index in [2.05, 4.69) is 15.3 Å². The van der Waals surface area contributed by atoms with Crippen molar-refractivity contribution in [2.24, 2.45) is 0 Å². The van der Waals surface area contributed by atoms with Crippen LogP contribution in [-0.2, 0) is 6.18 Å². The van der Waals surface area contributed by atoms with Crippen molar-refractivity contribution in [3.05, 3.63) is 34.7 Å². The zero-order valence-electron chi connectivity index (χ0n) is 8.48. The molecule has 0 spiro atoms. The van der Waals surface area contributed by atoms with Crippen LogP contribution in [0.4, 0.5) is 13.2 Å². The van der Waals surface area contributed by atoms with Crippen LogP contribution in [0.2, 0.25) is 5.15 Å². The van der Waals surface area contributed by atoms with Gasteiger partial charge in [-0.2, -0.15) is 28.6 Å². The van der Waals surface area contributed by atoms with E-state index in [0.717, 1.165) is 4.68 Å². The first-order valence-corrected chi connectivity index (χ1v) is 4.87. The molecule has 5 nitrogen and oxygen atoms in total. The van der Waals surface area contributed by atoms with Crippen LogP contribution < -0.4 is 0 Å². The molecule has 0 bridgehead atoms. The summed E-state index contributed by atoms with van der Waals surface area (Å²) in [5.74, 6) is -0.00509. The predicted molar refractivity (Wildman–Crippen MR) is 53.9 cm³/mol. The number of halogens is 4. The van der Waals surface area contributed by atoms with E-state index in [4.69, 9.17) is 16.9 Å². The summed E-state index contributed by atoms with van der Waals surface area (Å²) in [4.78, 5) is 0. The molecular weight excluding hydrogens is 271 g/mol. The summed E-state index contributed by atoms with van der Waals surface area (Å²) < 4.78 is 38.6.